The van der Waals surface area contributed by atoms with E-state index >= 15 is 0 Å². The Bertz CT molecular complexity index is 123. The molecule has 0 aliphatic rings. The Balaban J connectivity index is 2.87. The zero-order valence-electron chi connectivity index (χ0n) is 9.18. The van der Waals surface area contributed by atoms with Crippen molar-refractivity contribution in [3.8, 4) is 0 Å². The summed E-state index contributed by atoms with van der Waals surface area (Å²) in [5.74, 6) is 1.89. The van der Waals surface area contributed by atoms with Crippen LogP contribution in [0.2, 0.25) is 11.1 Å². The number of hydrogen-bond acceptors (Lipinski definition) is 1. The van der Waals surface area contributed by atoms with E-state index in [2.05, 4.69) is 6.92 Å². The van der Waals surface area contributed by atoms with Gasteiger partial charge in [-0.15, -0.1) is 0 Å². The zero-order chi connectivity index (χ0) is 9.94. The molecule has 0 bridgehead atoms. The molecule has 0 saturated heterocycles. The molecule has 0 aliphatic heterocycles. The van der Waals surface area contributed by atoms with E-state index in [4.69, 9.17) is 0 Å². The molecule has 0 aromatic heterocycles. The van der Waals surface area contributed by atoms with Gasteiger partial charge < -0.3 is 0 Å². The zero-order valence-corrected chi connectivity index (χ0v) is 10.9. The number of unbranched alkanes of at least 4 members (excludes halogenated alkanes) is 7. The van der Waals surface area contributed by atoms with E-state index in [0.717, 1.165) is 5.32 Å². The Labute approximate surface area is 87.4 Å². The summed E-state index contributed by atoms with van der Waals surface area (Å²) < 4.78 is 10.8. The second kappa shape index (κ2) is 10.4. The van der Waals surface area contributed by atoms with Crippen molar-refractivity contribution in [3.63, 3.8) is 0 Å². The van der Waals surface area contributed by atoms with Gasteiger partial charge in [0, 0.05) is 0 Å². The third-order valence-corrected chi connectivity index (χ3v) is 4.10. The van der Waals surface area contributed by atoms with Gasteiger partial charge in [0.05, 0.1) is 0 Å². The molecule has 2 heteroatoms. The first-order chi connectivity index (χ1) is 6.27. The van der Waals surface area contributed by atoms with Crippen LogP contribution in [0, 0.1) is 0 Å². The van der Waals surface area contributed by atoms with Crippen LogP contribution in [-0.2, 0) is 3.83 Å². The van der Waals surface area contributed by atoms with Crippen LogP contribution in [-0.4, -0.2) is 13.8 Å². The first-order valence-electron chi connectivity index (χ1n) is 5.57. The van der Waals surface area contributed by atoms with Crippen molar-refractivity contribution in [1.82, 2.24) is 0 Å². The van der Waals surface area contributed by atoms with E-state index < -0.39 is 13.8 Å². The van der Waals surface area contributed by atoms with E-state index in [1.165, 1.54) is 51.4 Å². The molecule has 0 aliphatic carbocycles. The van der Waals surface area contributed by atoms with Gasteiger partial charge >= 0.3 is 87.1 Å². The summed E-state index contributed by atoms with van der Waals surface area (Å²) in [7, 11) is 0. The summed E-state index contributed by atoms with van der Waals surface area (Å²) in [5, 5.41) is 0.995. The quantitative estimate of drug-likeness (QED) is 0.444. The van der Waals surface area contributed by atoms with Crippen molar-refractivity contribution in [2.24, 2.45) is 0 Å². The molecule has 0 spiro atoms. The van der Waals surface area contributed by atoms with Gasteiger partial charge in [-0.1, -0.05) is 0 Å². The Morgan fingerprint density at radius 2 is 1.31 bits per heavy atom. The van der Waals surface area contributed by atoms with Gasteiger partial charge in [-0.3, -0.25) is 0 Å². The van der Waals surface area contributed by atoms with Crippen LogP contribution < -0.4 is 0 Å². The molecule has 0 rings (SSSR count). The van der Waals surface area contributed by atoms with E-state index in [-0.39, 0.29) is 0 Å². The molecule has 1 nitrogen and oxygen atoms in total. The molecular formula is C11H24OSe. The second-order valence-corrected chi connectivity index (χ2v) is 7.01. The Hall–Kier alpha value is 0.319. The monoisotopic (exact) mass is 252 g/mol. The topological polar surface area (TPSA) is 17.1 Å². The summed E-state index contributed by atoms with van der Waals surface area (Å²) in [6.45, 7) is 2.25. The van der Waals surface area contributed by atoms with Crippen LogP contribution in [0.5, 0.6) is 0 Å². The second-order valence-electron chi connectivity index (χ2n) is 3.75. The molecule has 0 heterocycles. The van der Waals surface area contributed by atoms with Crippen molar-refractivity contribution in [2.45, 2.75) is 69.4 Å². The Morgan fingerprint density at radius 1 is 0.846 bits per heavy atom. The molecule has 13 heavy (non-hydrogen) atoms. The van der Waals surface area contributed by atoms with Crippen molar-refractivity contribution in [2.75, 3.05) is 0 Å². The number of rotatable bonds is 9. The predicted octanol–water partition coefficient (Wildman–Crippen LogP) is 4.18. The normalized spacial score (nSPS) is 13.1. The van der Waals surface area contributed by atoms with Crippen molar-refractivity contribution in [3.05, 3.63) is 0 Å². The molecule has 1 unspecified atom stereocenters. The van der Waals surface area contributed by atoms with Crippen LogP contribution in [0.1, 0.15) is 58.3 Å². The Kier molecular flexibility index (Phi) is 10.7. The third-order valence-electron chi connectivity index (χ3n) is 2.29. The van der Waals surface area contributed by atoms with Crippen LogP contribution in [0.4, 0.5) is 0 Å². The molecule has 0 N–H and O–H groups in total. The van der Waals surface area contributed by atoms with E-state index in [1.807, 2.05) is 5.82 Å². The molecule has 0 aromatic rings. The summed E-state index contributed by atoms with van der Waals surface area (Å²) in [6.07, 6.45) is 10.7. The minimum absolute atomic E-state index is 0.995. The van der Waals surface area contributed by atoms with Crippen molar-refractivity contribution in [1.29, 1.82) is 0 Å². The van der Waals surface area contributed by atoms with Gasteiger partial charge in [-0.2, -0.15) is 0 Å². The summed E-state index contributed by atoms with van der Waals surface area (Å²) in [4.78, 5) is 0. The fourth-order valence-corrected chi connectivity index (χ4v) is 2.72. The van der Waals surface area contributed by atoms with E-state index in [0.29, 0.717) is 0 Å². The standard InChI is InChI=1S/C11H24OSe/c1-3-4-5-6-7-8-9-10-11-13(2)12/h3-11H2,1-2H3. The van der Waals surface area contributed by atoms with Crippen LogP contribution in [0.15, 0.2) is 0 Å². The first kappa shape index (κ1) is 13.3. The Morgan fingerprint density at radius 3 is 1.77 bits per heavy atom. The van der Waals surface area contributed by atoms with Gasteiger partial charge in [0.25, 0.3) is 0 Å². The van der Waals surface area contributed by atoms with Gasteiger partial charge in [-0.25, -0.2) is 0 Å². The molecule has 0 saturated carbocycles. The van der Waals surface area contributed by atoms with Crippen LogP contribution in [0.3, 0.4) is 0 Å². The third kappa shape index (κ3) is 12.3. The molecule has 0 amide bonds. The van der Waals surface area contributed by atoms with Crippen molar-refractivity contribution < 1.29 is 3.83 Å². The van der Waals surface area contributed by atoms with Gasteiger partial charge in [-0.05, 0) is 0 Å². The van der Waals surface area contributed by atoms with Crippen molar-refractivity contribution >= 4 is 13.8 Å². The fourth-order valence-electron chi connectivity index (χ4n) is 1.44. The summed E-state index contributed by atoms with van der Waals surface area (Å²) in [6, 6.07) is 0. The average molecular weight is 251 g/mol. The SMILES string of the molecule is CCCCCCCCCC[Se](C)=O. The van der Waals surface area contributed by atoms with Gasteiger partial charge in [0.2, 0.25) is 0 Å². The maximum atomic E-state index is 10.8. The molecule has 0 aromatic carbocycles. The van der Waals surface area contributed by atoms with Crippen LogP contribution in [0.25, 0.3) is 0 Å². The summed E-state index contributed by atoms with van der Waals surface area (Å²) >= 11 is -1.38. The molecule has 0 radical (unpaired) electrons. The first-order valence-corrected chi connectivity index (χ1v) is 9.19. The molecule has 0 fully saturated rings. The number of hydrogen-bond donors (Lipinski definition) is 0. The predicted molar refractivity (Wildman–Crippen MR) is 59.7 cm³/mol. The van der Waals surface area contributed by atoms with Gasteiger partial charge in [0.15, 0.2) is 0 Å². The minimum atomic E-state index is -1.38. The average Bonchev–Trinajstić information content (AvgIpc) is 2.09. The molecule has 1 atom stereocenters. The molecule has 80 valence electrons. The summed E-state index contributed by atoms with van der Waals surface area (Å²) in [5.41, 5.74) is 0. The van der Waals surface area contributed by atoms with Gasteiger partial charge in [0.1, 0.15) is 0 Å². The van der Waals surface area contributed by atoms with E-state index in [1.54, 1.807) is 0 Å². The maximum absolute atomic E-state index is 10.8. The van der Waals surface area contributed by atoms with Crippen LogP contribution >= 0.6 is 0 Å². The molecular weight excluding hydrogens is 227 g/mol. The van der Waals surface area contributed by atoms with E-state index in [9.17, 15) is 3.83 Å². The fraction of sp³-hybridized carbons (Fsp3) is 1.00.